The van der Waals surface area contributed by atoms with Crippen molar-refractivity contribution in [1.29, 1.82) is 0 Å². The van der Waals surface area contributed by atoms with Gasteiger partial charge >= 0.3 is 0 Å². The summed E-state index contributed by atoms with van der Waals surface area (Å²) < 4.78 is 15.7. The normalized spacial score (nSPS) is 10.1. The first-order chi connectivity index (χ1) is 9.15. The van der Waals surface area contributed by atoms with Crippen LogP contribution in [0.15, 0.2) is 34.7 Å². The molecule has 0 aliphatic heterocycles. The van der Waals surface area contributed by atoms with Gasteiger partial charge in [0, 0.05) is 0 Å². The van der Waals surface area contributed by atoms with E-state index < -0.39 is 0 Å². The fourth-order valence-corrected chi connectivity index (χ4v) is 1.71. The maximum Gasteiger partial charge on any atom is 0.291 e. The van der Waals surface area contributed by atoms with Crippen LogP contribution in [0.25, 0.3) is 0 Å². The summed E-state index contributed by atoms with van der Waals surface area (Å²) >= 11 is 0. The number of carbonyl (C=O) groups is 1. The average molecular weight is 261 g/mol. The standard InChI is InChI=1S/C14H15NO4/c1-9-7-8-12(19-9)14(16)15-13-10(17-2)5-4-6-11(13)18-3/h4-8H,1-3H3,(H,15,16). The molecular formula is C14H15NO4. The van der Waals surface area contributed by atoms with Crippen molar-refractivity contribution < 1.29 is 18.7 Å². The van der Waals surface area contributed by atoms with Crippen molar-refractivity contribution in [2.75, 3.05) is 19.5 Å². The van der Waals surface area contributed by atoms with E-state index in [1.807, 2.05) is 0 Å². The van der Waals surface area contributed by atoms with Crippen LogP contribution >= 0.6 is 0 Å². The van der Waals surface area contributed by atoms with Gasteiger partial charge in [-0.2, -0.15) is 0 Å². The number of amides is 1. The number of carbonyl (C=O) groups excluding carboxylic acids is 1. The van der Waals surface area contributed by atoms with E-state index in [0.29, 0.717) is 22.9 Å². The quantitative estimate of drug-likeness (QED) is 0.919. The van der Waals surface area contributed by atoms with Gasteiger partial charge in [0.05, 0.1) is 14.2 Å². The number of hydrogen-bond donors (Lipinski definition) is 1. The molecule has 1 N–H and O–H groups in total. The third-order valence-corrected chi connectivity index (χ3v) is 2.63. The van der Waals surface area contributed by atoms with Gasteiger partial charge in [-0.3, -0.25) is 4.79 Å². The van der Waals surface area contributed by atoms with Crippen LogP contribution in [0.3, 0.4) is 0 Å². The fourth-order valence-electron chi connectivity index (χ4n) is 1.71. The number of aryl methyl sites for hydroxylation is 1. The summed E-state index contributed by atoms with van der Waals surface area (Å²) in [6, 6.07) is 8.61. The van der Waals surface area contributed by atoms with E-state index in [0.717, 1.165) is 0 Å². The molecule has 19 heavy (non-hydrogen) atoms. The molecule has 1 aromatic carbocycles. The van der Waals surface area contributed by atoms with Gasteiger partial charge in [0.1, 0.15) is 22.9 Å². The minimum absolute atomic E-state index is 0.241. The lowest BCUT2D eigenvalue weighted by Gasteiger charge is -2.13. The zero-order valence-electron chi connectivity index (χ0n) is 11.0. The Kier molecular flexibility index (Phi) is 3.75. The first-order valence-corrected chi connectivity index (χ1v) is 5.74. The van der Waals surface area contributed by atoms with Gasteiger partial charge in [-0.25, -0.2) is 0 Å². The Morgan fingerprint density at radius 2 is 1.74 bits per heavy atom. The molecule has 0 spiro atoms. The third-order valence-electron chi connectivity index (χ3n) is 2.63. The summed E-state index contributed by atoms with van der Waals surface area (Å²) in [5.74, 6) is 1.62. The van der Waals surface area contributed by atoms with E-state index in [9.17, 15) is 4.79 Å². The highest BCUT2D eigenvalue weighted by Gasteiger charge is 2.16. The molecule has 0 unspecified atom stereocenters. The summed E-state index contributed by atoms with van der Waals surface area (Å²) in [6.07, 6.45) is 0. The molecule has 1 heterocycles. The summed E-state index contributed by atoms with van der Waals surface area (Å²) in [5, 5.41) is 2.73. The lowest BCUT2D eigenvalue weighted by Crippen LogP contribution is -2.12. The second-order valence-electron chi connectivity index (χ2n) is 3.90. The predicted octanol–water partition coefficient (Wildman–Crippen LogP) is 2.86. The van der Waals surface area contributed by atoms with Crippen LogP contribution in [-0.4, -0.2) is 20.1 Å². The number of ether oxygens (including phenoxy) is 2. The molecule has 1 aromatic heterocycles. The molecule has 0 fully saturated rings. The molecule has 1 amide bonds. The largest absolute Gasteiger partial charge is 0.494 e. The first kappa shape index (κ1) is 13.0. The molecule has 0 aliphatic carbocycles. The maximum atomic E-state index is 12.0. The smallest absolute Gasteiger partial charge is 0.291 e. The van der Waals surface area contributed by atoms with Crippen LogP contribution in [0.4, 0.5) is 5.69 Å². The van der Waals surface area contributed by atoms with E-state index >= 15 is 0 Å². The molecule has 5 nitrogen and oxygen atoms in total. The Bertz CT molecular complexity index is 567. The summed E-state index contributed by atoms with van der Waals surface area (Å²) in [4.78, 5) is 12.0. The number of hydrogen-bond acceptors (Lipinski definition) is 4. The van der Waals surface area contributed by atoms with Crippen molar-refractivity contribution in [2.24, 2.45) is 0 Å². The minimum Gasteiger partial charge on any atom is -0.494 e. The van der Waals surface area contributed by atoms with Crippen molar-refractivity contribution in [3.63, 3.8) is 0 Å². The highest BCUT2D eigenvalue weighted by atomic mass is 16.5. The van der Waals surface area contributed by atoms with Crippen molar-refractivity contribution >= 4 is 11.6 Å². The lowest BCUT2D eigenvalue weighted by molar-refractivity contribution is 0.0994. The van der Waals surface area contributed by atoms with Gasteiger partial charge in [0.15, 0.2) is 5.76 Å². The highest BCUT2D eigenvalue weighted by Crippen LogP contribution is 2.34. The Morgan fingerprint density at radius 3 is 2.21 bits per heavy atom. The summed E-state index contributed by atoms with van der Waals surface area (Å²) in [7, 11) is 3.06. The van der Waals surface area contributed by atoms with Crippen LogP contribution in [0, 0.1) is 6.92 Å². The van der Waals surface area contributed by atoms with E-state index in [1.165, 1.54) is 14.2 Å². The number of nitrogens with one attached hydrogen (secondary N) is 1. The average Bonchev–Trinajstić information content (AvgIpc) is 2.85. The summed E-state index contributed by atoms with van der Waals surface area (Å²) in [6.45, 7) is 1.78. The molecule has 2 aromatic rings. The highest BCUT2D eigenvalue weighted by molar-refractivity contribution is 6.04. The topological polar surface area (TPSA) is 60.7 Å². The zero-order valence-corrected chi connectivity index (χ0v) is 11.0. The van der Waals surface area contributed by atoms with Crippen LogP contribution in [0.1, 0.15) is 16.3 Å². The van der Waals surface area contributed by atoms with Crippen molar-refractivity contribution in [2.45, 2.75) is 6.92 Å². The van der Waals surface area contributed by atoms with Crippen LogP contribution in [0.2, 0.25) is 0 Å². The van der Waals surface area contributed by atoms with Crippen molar-refractivity contribution in [3.8, 4) is 11.5 Å². The Balaban J connectivity index is 2.30. The van der Waals surface area contributed by atoms with Crippen LogP contribution < -0.4 is 14.8 Å². The van der Waals surface area contributed by atoms with Gasteiger partial charge in [0.2, 0.25) is 0 Å². The van der Waals surface area contributed by atoms with E-state index in [-0.39, 0.29) is 11.7 Å². The molecular weight excluding hydrogens is 246 g/mol. The number of para-hydroxylation sites is 1. The SMILES string of the molecule is COc1cccc(OC)c1NC(=O)c1ccc(C)o1. The van der Waals surface area contributed by atoms with Gasteiger partial charge in [-0.05, 0) is 31.2 Å². The molecule has 5 heteroatoms. The second kappa shape index (κ2) is 5.48. The van der Waals surface area contributed by atoms with Crippen molar-refractivity contribution in [1.82, 2.24) is 0 Å². The van der Waals surface area contributed by atoms with Gasteiger partial charge in [0.25, 0.3) is 5.91 Å². The van der Waals surface area contributed by atoms with Gasteiger partial charge in [-0.15, -0.1) is 0 Å². The number of rotatable bonds is 4. The first-order valence-electron chi connectivity index (χ1n) is 5.74. The maximum absolute atomic E-state index is 12.0. The number of methoxy groups -OCH3 is 2. The van der Waals surface area contributed by atoms with Gasteiger partial charge in [-0.1, -0.05) is 6.07 Å². The predicted molar refractivity (Wildman–Crippen MR) is 70.9 cm³/mol. The molecule has 0 saturated heterocycles. The molecule has 0 atom stereocenters. The number of anilines is 1. The van der Waals surface area contributed by atoms with E-state index in [1.54, 1.807) is 37.3 Å². The zero-order chi connectivity index (χ0) is 13.8. The third kappa shape index (κ3) is 2.70. The second-order valence-corrected chi connectivity index (χ2v) is 3.90. The van der Waals surface area contributed by atoms with Crippen LogP contribution in [-0.2, 0) is 0 Å². The number of benzene rings is 1. The molecule has 0 saturated carbocycles. The molecule has 0 radical (unpaired) electrons. The van der Waals surface area contributed by atoms with E-state index in [2.05, 4.69) is 5.32 Å². The van der Waals surface area contributed by atoms with E-state index in [4.69, 9.17) is 13.9 Å². The number of furan rings is 1. The molecule has 0 aliphatic rings. The Labute approximate surface area is 111 Å². The molecule has 100 valence electrons. The molecule has 2 rings (SSSR count). The summed E-state index contributed by atoms with van der Waals surface area (Å²) in [5.41, 5.74) is 0.478. The lowest BCUT2D eigenvalue weighted by atomic mass is 10.2. The monoisotopic (exact) mass is 261 g/mol. The fraction of sp³-hybridized carbons (Fsp3) is 0.214. The van der Waals surface area contributed by atoms with Crippen LogP contribution in [0.5, 0.6) is 11.5 Å². The Hall–Kier alpha value is -2.43. The van der Waals surface area contributed by atoms with Gasteiger partial charge < -0.3 is 19.2 Å². The van der Waals surface area contributed by atoms with Crippen molar-refractivity contribution in [3.05, 3.63) is 41.9 Å². The molecule has 0 bridgehead atoms. The minimum atomic E-state index is -0.351. The Morgan fingerprint density at radius 1 is 1.11 bits per heavy atom.